The molecule has 2 aromatic rings. The molecule has 0 fully saturated rings. The largest absolute Gasteiger partial charge is 0.467 e. The van der Waals surface area contributed by atoms with Crippen LogP contribution in [0.1, 0.15) is 11.7 Å². The molecular formula is C13H14N2O4. The number of methoxy groups -OCH3 is 1. The Labute approximate surface area is 109 Å². The summed E-state index contributed by atoms with van der Waals surface area (Å²) in [4.78, 5) is 11.3. The third kappa shape index (κ3) is 2.64. The van der Waals surface area contributed by atoms with Crippen molar-refractivity contribution in [3.05, 3.63) is 42.1 Å². The second kappa shape index (κ2) is 5.64. The first kappa shape index (κ1) is 13.3. The van der Waals surface area contributed by atoms with Crippen molar-refractivity contribution in [2.24, 2.45) is 0 Å². The lowest BCUT2D eigenvalue weighted by Gasteiger charge is -2.18. The Morgan fingerprint density at radius 1 is 1.32 bits per heavy atom. The van der Waals surface area contributed by atoms with Gasteiger partial charge in [-0.2, -0.15) is 5.10 Å². The molecule has 1 aromatic carbocycles. The summed E-state index contributed by atoms with van der Waals surface area (Å²) in [6, 6.07) is 8.62. The van der Waals surface area contributed by atoms with E-state index in [1.165, 1.54) is 0 Å². The monoisotopic (exact) mass is 262 g/mol. The third-order valence-corrected chi connectivity index (χ3v) is 2.81. The van der Waals surface area contributed by atoms with E-state index in [9.17, 15) is 15.0 Å². The van der Waals surface area contributed by atoms with Gasteiger partial charge in [-0.1, -0.05) is 24.3 Å². The number of aromatic nitrogens is 2. The quantitative estimate of drug-likeness (QED) is 0.703. The molecule has 0 saturated carbocycles. The molecule has 3 N–H and O–H groups in total. The van der Waals surface area contributed by atoms with Crippen LogP contribution >= 0.6 is 0 Å². The van der Waals surface area contributed by atoms with Gasteiger partial charge in [0.1, 0.15) is 6.10 Å². The van der Waals surface area contributed by atoms with Crippen LogP contribution in [-0.4, -0.2) is 39.6 Å². The molecule has 0 radical (unpaired) electrons. The second-order valence-electron chi connectivity index (χ2n) is 3.97. The molecule has 0 aliphatic rings. The highest BCUT2D eigenvalue weighted by Crippen LogP contribution is 2.28. The van der Waals surface area contributed by atoms with Gasteiger partial charge in [-0.15, -0.1) is 0 Å². The number of aromatic amines is 1. The van der Waals surface area contributed by atoms with Gasteiger partial charge in [0.2, 0.25) is 0 Å². The summed E-state index contributed by atoms with van der Waals surface area (Å²) in [5.41, 5.74) is 1.77. The Bertz CT molecular complexity index is 554. The van der Waals surface area contributed by atoms with E-state index in [-0.39, 0.29) is 0 Å². The predicted octanol–water partition coefficient (Wildman–Crippen LogP) is 0.644. The fourth-order valence-electron chi connectivity index (χ4n) is 1.83. The van der Waals surface area contributed by atoms with Crippen LogP contribution in [0, 0.1) is 0 Å². The van der Waals surface area contributed by atoms with Crippen LogP contribution in [0.4, 0.5) is 0 Å². The Morgan fingerprint density at radius 3 is 2.68 bits per heavy atom. The average molecular weight is 262 g/mol. The maximum Gasteiger partial charge on any atom is 0.337 e. The number of hydrogen-bond donors (Lipinski definition) is 3. The van der Waals surface area contributed by atoms with Crippen LogP contribution in [0.3, 0.4) is 0 Å². The maximum atomic E-state index is 11.3. The highest BCUT2D eigenvalue weighted by atomic mass is 16.5. The summed E-state index contributed by atoms with van der Waals surface area (Å²) in [7, 11) is 1.15. The van der Waals surface area contributed by atoms with Crippen LogP contribution in [-0.2, 0) is 9.53 Å². The van der Waals surface area contributed by atoms with Crippen molar-refractivity contribution >= 4 is 5.97 Å². The van der Waals surface area contributed by atoms with Gasteiger partial charge in [-0.25, -0.2) is 4.79 Å². The minimum Gasteiger partial charge on any atom is -0.467 e. The van der Waals surface area contributed by atoms with Crippen LogP contribution in [0.25, 0.3) is 11.3 Å². The molecule has 0 amide bonds. The number of nitrogens with zero attached hydrogens (tertiary/aromatic N) is 1. The van der Waals surface area contributed by atoms with Crippen molar-refractivity contribution in [1.82, 2.24) is 10.2 Å². The number of benzene rings is 1. The standard InChI is InChI=1S/C13H14N2O4/c1-19-13(18)12(17)11(16)9-5-3-2-4-8(9)10-6-7-14-15-10/h2-7,11-12,16-17H,1H3,(H,14,15). The molecule has 2 rings (SSSR count). The number of ether oxygens (including phenoxy) is 1. The smallest absolute Gasteiger partial charge is 0.337 e. The number of rotatable bonds is 4. The number of nitrogens with one attached hydrogen (secondary N) is 1. The molecule has 0 bridgehead atoms. The van der Waals surface area contributed by atoms with E-state index in [1.807, 2.05) is 0 Å². The predicted molar refractivity (Wildman–Crippen MR) is 67.0 cm³/mol. The minimum atomic E-state index is -1.63. The molecule has 1 heterocycles. The van der Waals surface area contributed by atoms with E-state index in [2.05, 4.69) is 14.9 Å². The van der Waals surface area contributed by atoms with Crippen molar-refractivity contribution < 1.29 is 19.7 Å². The lowest BCUT2D eigenvalue weighted by Crippen LogP contribution is -2.29. The van der Waals surface area contributed by atoms with Gasteiger partial charge in [0.15, 0.2) is 6.10 Å². The van der Waals surface area contributed by atoms with E-state index in [0.717, 1.165) is 7.11 Å². The van der Waals surface area contributed by atoms with E-state index >= 15 is 0 Å². The van der Waals surface area contributed by atoms with Crippen molar-refractivity contribution in [2.75, 3.05) is 7.11 Å². The number of H-pyrrole nitrogens is 1. The van der Waals surface area contributed by atoms with Gasteiger partial charge in [-0.3, -0.25) is 5.10 Å². The van der Waals surface area contributed by atoms with Gasteiger partial charge in [0.05, 0.1) is 12.8 Å². The molecule has 2 unspecified atom stereocenters. The van der Waals surface area contributed by atoms with Crippen molar-refractivity contribution in [1.29, 1.82) is 0 Å². The van der Waals surface area contributed by atoms with Crippen LogP contribution in [0.15, 0.2) is 36.5 Å². The second-order valence-corrected chi connectivity index (χ2v) is 3.97. The lowest BCUT2D eigenvalue weighted by atomic mass is 9.97. The third-order valence-electron chi connectivity index (χ3n) is 2.81. The molecule has 0 aliphatic heterocycles. The fraction of sp³-hybridized carbons (Fsp3) is 0.231. The van der Waals surface area contributed by atoms with Crippen molar-refractivity contribution in [2.45, 2.75) is 12.2 Å². The summed E-state index contributed by atoms with van der Waals surface area (Å²) < 4.78 is 4.42. The molecule has 2 atom stereocenters. The first-order valence-corrected chi connectivity index (χ1v) is 5.67. The number of esters is 1. The average Bonchev–Trinajstić information content (AvgIpc) is 2.99. The van der Waals surface area contributed by atoms with E-state index in [4.69, 9.17) is 0 Å². The summed E-state index contributed by atoms with van der Waals surface area (Å²) in [5.74, 6) is -0.882. The zero-order chi connectivity index (χ0) is 13.8. The number of hydrogen-bond acceptors (Lipinski definition) is 5. The summed E-state index contributed by atoms with van der Waals surface area (Å²) in [6.45, 7) is 0. The van der Waals surface area contributed by atoms with E-state index in [1.54, 1.807) is 36.5 Å². The highest BCUT2D eigenvalue weighted by Gasteiger charge is 2.28. The first-order valence-electron chi connectivity index (χ1n) is 5.67. The molecule has 6 nitrogen and oxygen atoms in total. The zero-order valence-electron chi connectivity index (χ0n) is 10.3. The maximum absolute atomic E-state index is 11.3. The molecule has 0 saturated heterocycles. The van der Waals surface area contributed by atoms with Crippen LogP contribution in [0.2, 0.25) is 0 Å². The SMILES string of the molecule is COC(=O)C(O)C(O)c1ccccc1-c1ccn[nH]1. The van der Waals surface area contributed by atoms with Crippen molar-refractivity contribution in [3.63, 3.8) is 0 Å². The lowest BCUT2D eigenvalue weighted by molar-refractivity contribution is -0.156. The number of aliphatic hydroxyl groups is 2. The van der Waals surface area contributed by atoms with Gasteiger partial charge in [-0.05, 0) is 11.6 Å². The molecule has 100 valence electrons. The van der Waals surface area contributed by atoms with Gasteiger partial charge in [0.25, 0.3) is 0 Å². The highest BCUT2D eigenvalue weighted by molar-refractivity contribution is 5.76. The topological polar surface area (TPSA) is 95.4 Å². The Kier molecular flexibility index (Phi) is 3.94. The molecule has 1 aromatic heterocycles. The van der Waals surface area contributed by atoms with Crippen molar-refractivity contribution in [3.8, 4) is 11.3 Å². The van der Waals surface area contributed by atoms with Crippen LogP contribution < -0.4 is 0 Å². The van der Waals surface area contributed by atoms with Gasteiger partial charge >= 0.3 is 5.97 Å². The normalized spacial score (nSPS) is 13.8. The fourth-order valence-corrected chi connectivity index (χ4v) is 1.83. The summed E-state index contributed by atoms with van der Waals surface area (Å²) >= 11 is 0. The molecule has 0 aliphatic carbocycles. The Hall–Kier alpha value is -2.18. The van der Waals surface area contributed by atoms with E-state index in [0.29, 0.717) is 16.8 Å². The van der Waals surface area contributed by atoms with E-state index < -0.39 is 18.2 Å². The molecular weight excluding hydrogens is 248 g/mol. The molecule has 19 heavy (non-hydrogen) atoms. The molecule has 0 spiro atoms. The van der Waals surface area contributed by atoms with Gasteiger partial charge < -0.3 is 14.9 Å². The molecule has 6 heteroatoms. The number of carbonyl (C=O) groups excluding carboxylic acids is 1. The zero-order valence-corrected chi connectivity index (χ0v) is 10.3. The summed E-state index contributed by atoms with van der Waals surface area (Å²) in [5, 5.41) is 26.4. The first-order chi connectivity index (χ1) is 9.15. The summed E-state index contributed by atoms with van der Waals surface area (Å²) in [6.07, 6.45) is -1.42. The number of aliphatic hydroxyl groups excluding tert-OH is 2. The van der Waals surface area contributed by atoms with Crippen LogP contribution in [0.5, 0.6) is 0 Å². The van der Waals surface area contributed by atoms with Gasteiger partial charge in [0, 0.05) is 11.8 Å². The number of carbonyl (C=O) groups is 1. The Morgan fingerprint density at radius 2 is 2.05 bits per heavy atom. The minimum absolute atomic E-state index is 0.421. The Balaban J connectivity index is 2.37.